The lowest BCUT2D eigenvalue weighted by Crippen LogP contribution is -2.29. The molecule has 0 saturated carbocycles. The molecule has 0 unspecified atom stereocenters. The Bertz CT molecular complexity index is 795. The number of amides is 1. The van der Waals surface area contributed by atoms with Gasteiger partial charge in [-0.15, -0.1) is 0 Å². The molecule has 0 radical (unpaired) electrons. The van der Waals surface area contributed by atoms with Crippen LogP contribution in [0.4, 0.5) is 10.1 Å². The van der Waals surface area contributed by atoms with Crippen LogP contribution in [0.25, 0.3) is 0 Å². The number of benzene rings is 1. The monoisotopic (exact) mass is 337 g/mol. The van der Waals surface area contributed by atoms with Gasteiger partial charge < -0.3 is 10.6 Å². The SMILES string of the molecule is CS(=O)(=O)c1c(F)cccc1NCC(=O)NCc1ccncc1. The summed E-state index contributed by atoms with van der Waals surface area (Å²) in [7, 11) is -3.74. The summed E-state index contributed by atoms with van der Waals surface area (Å²) in [4.78, 5) is 15.2. The minimum absolute atomic E-state index is 0.0616. The van der Waals surface area contributed by atoms with Crippen molar-refractivity contribution < 1.29 is 17.6 Å². The molecule has 122 valence electrons. The van der Waals surface area contributed by atoms with Crippen LogP contribution in [0.15, 0.2) is 47.6 Å². The van der Waals surface area contributed by atoms with E-state index in [1.54, 1.807) is 24.5 Å². The molecule has 2 N–H and O–H groups in total. The molecule has 1 aromatic heterocycles. The number of nitrogens with one attached hydrogen (secondary N) is 2. The van der Waals surface area contributed by atoms with Gasteiger partial charge in [0.15, 0.2) is 9.84 Å². The molecule has 0 spiro atoms. The van der Waals surface area contributed by atoms with E-state index in [2.05, 4.69) is 15.6 Å². The summed E-state index contributed by atoms with van der Waals surface area (Å²) >= 11 is 0. The zero-order valence-electron chi connectivity index (χ0n) is 12.4. The van der Waals surface area contributed by atoms with Gasteiger partial charge in [0.25, 0.3) is 0 Å². The van der Waals surface area contributed by atoms with Gasteiger partial charge in [-0.1, -0.05) is 6.07 Å². The number of nitrogens with zero attached hydrogens (tertiary/aromatic N) is 1. The zero-order valence-corrected chi connectivity index (χ0v) is 13.2. The molecule has 0 saturated heterocycles. The Morgan fingerprint density at radius 2 is 1.91 bits per heavy atom. The fourth-order valence-electron chi connectivity index (χ4n) is 1.96. The second-order valence-electron chi connectivity index (χ2n) is 4.87. The first-order valence-electron chi connectivity index (χ1n) is 6.76. The predicted octanol–water partition coefficient (Wildman–Crippen LogP) is 1.35. The minimum atomic E-state index is -3.74. The summed E-state index contributed by atoms with van der Waals surface area (Å²) in [6.45, 7) is 0.155. The Labute approximate surface area is 133 Å². The molecule has 2 rings (SSSR count). The van der Waals surface area contributed by atoms with E-state index in [1.165, 1.54) is 12.1 Å². The van der Waals surface area contributed by atoms with E-state index in [4.69, 9.17) is 0 Å². The lowest BCUT2D eigenvalue weighted by Gasteiger charge is -2.11. The summed E-state index contributed by atoms with van der Waals surface area (Å²) < 4.78 is 37.0. The topological polar surface area (TPSA) is 88.2 Å². The van der Waals surface area contributed by atoms with Gasteiger partial charge in [-0.2, -0.15) is 0 Å². The van der Waals surface area contributed by atoms with Gasteiger partial charge in [-0.05, 0) is 29.8 Å². The third kappa shape index (κ3) is 4.75. The van der Waals surface area contributed by atoms with Crippen LogP contribution in [0.5, 0.6) is 0 Å². The molecule has 2 aromatic rings. The van der Waals surface area contributed by atoms with Crippen LogP contribution in [0, 0.1) is 5.82 Å². The average Bonchev–Trinajstić information content (AvgIpc) is 2.50. The first kappa shape index (κ1) is 16.9. The number of hydrogen-bond donors (Lipinski definition) is 2. The highest BCUT2D eigenvalue weighted by Gasteiger charge is 2.18. The molecule has 0 fully saturated rings. The normalized spacial score (nSPS) is 11.0. The smallest absolute Gasteiger partial charge is 0.239 e. The number of sulfone groups is 1. The lowest BCUT2D eigenvalue weighted by atomic mass is 10.2. The van der Waals surface area contributed by atoms with E-state index in [9.17, 15) is 17.6 Å². The standard InChI is InChI=1S/C15H16FN3O3S/c1-23(21,22)15-12(16)3-2-4-13(15)18-10-14(20)19-9-11-5-7-17-8-6-11/h2-8,18H,9-10H2,1H3,(H,19,20). The third-order valence-corrected chi connectivity index (χ3v) is 4.17. The van der Waals surface area contributed by atoms with E-state index in [1.807, 2.05) is 0 Å². The summed E-state index contributed by atoms with van der Waals surface area (Å²) in [5.74, 6) is -1.19. The minimum Gasteiger partial charge on any atom is -0.375 e. The highest BCUT2D eigenvalue weighted by atomic mass is 32.2. The molecule has 0 aliphatic rings. The molecule has 23 heavy (non-hydrogen) atoms. The summed E-state index contributed by atoms with van der Waals surface area (Å²) in [6, 6.07) is 7.38. The van der Waals surface area contributed by atoms with E-state index in [-0.39, 0.29) is 18.1 Å². The number of anilines is 1. The Morgan fingerprint density at radius 1 is 1.22 bits per heavy atom. The molecular formula is C15H16FN3O3S. The van der Waals surface area contributed by atoms with Crippen molar-refractivity contribution >= 4 is 21.4 Å². The maximum Gasteiger partial charge on any atom is 0.239 e. The van der Waals surface area contributed by atoms with Crippen molar-refractivity contribution in [3.05, 3.63) is 54.1 Å². The zero-order chi connectivity index (χ0) is 16.9. The third-order valence-electron chi connectivity index (χ3n) is 3.02. The predicted molar refractivity (Wildman–Crippen MR) is 84.1 cm³/mol. The van der Waals surface area contributed by atoms with E-state index >= 15 is 0 Å². The molecule has 8 heteroatoms. The van der Waals surface area contributed by atoms with Crippen molar-refractivity contribution in [2.24, 2.45) is 0 Å². The molecular weight excluding hydrogens is 321 g/mol. The number of halogens is 1. The number of hydrogen-bond acceptors (Lipinski definition) is 5. The van der Waals surface area contributed by atoms with Crippen molar-refractivity contribution in [2.75, 3.05) is 18.1 Å². The van der Waals surface area contributed by atoms with Crippen LogP contribution in [0.2, 0.25) is 0 Å². The Balaban J connectivity index is 1.99. The van der Waals surface area contributed by atoms with E-state index in [0.29, 0.717) is 6.54 Å². The largest absolute Gasteiger partial charge is 0.375 e. The van der Waals surface area contributed by atoms with Crippen molar-refractivity contribution in [3.8, 4) is 0 Å². The average molecular weight is 337 g/mol. The van der Waals surface area contributed by atoms with Gasteiger partial charge >= 0.3 is 0 Å². The van der Waals surface area contributed by atoms with Crippen molar-refractivity contribution in [3.63, 3.8) is 0 Å². The second kappa shape index (κ2) is 7.19. The molecule has 1 amide bonds. The van der Waals surface area contributed by atoms with Crippen LogP contribution in [0.3, 0.4) is 0 Å². The van der Waals surface area contributed by atoms with Crippen molar-refractivity contribution in [1.82, 2.24) is 10.3 Å². The van der Waals surface area contributed by atoms with Gasteiger partial charge in [0.2, 0.25) is 5.91 Å². The van der Waals surface area contributed by atoms with Crippen LogP contribution >= 0.6 is 0 Å². The van der Waals surface area contributed by atoms with Gasteiger partial charge in [0.05, 0.1) is 12.2 Å². The number of aromatic nitrogens is 1. The lowest BCUT2D eigenvalue weighted by molar-refractivity contribution is -0.119. The van der Waals surface area contributed by atoms with Crippen molar-refractivity contribution in [2.45, 2.75) is 11.4 Å². The summed E-state index contributed by atoms with van der Waals surface area (Å²) in [5.41, 5.74) is 0.947. The highest BCUT2D eigenvalue weighted by Crippen LogP contribution is 2.23. The van der Waals surface area contributed by atoms with Crippen LogP contribution in [-0.2, 0) is 21.2 Å². The molecule has 1 heterocycles. The Morgan fingerprint density at radius 3 is 2.57 bits per heavy atom. The molecule has 0 aliphatic heterocycles. The Kier molecular flexibility index (Phi) is 5.28. The maximum absolute atomic E-state index is 13.7. The van der Waals surface area contributed by atoms with E-state index < -0.39 is 20.5 Å². The van der Waals surface area contributed by atoms with Gasteiger partial charge in [-0.25, -0.2) is 12.8 Å². The fourth-order valence-corrected chi connectivity index (χ4v) is 2.93. The van der Waals surface area contributed by atoms with E-state index in [0.717, 1.165) is 17.9 Å². The number of pyridine rings is 1. The van der Waals surface area contributed by atoms with Crippen LogP contribution in [-0.4, -0.2) is 32.1 Å². The summed E-state index contributed by atoms with van der Waals surface area (Å²) in [6.07, 6.45) is 4.15. The number of carbonyl (C=O) groups is 1. The second-order valence-corrected chi connectivity index (χ2v) is 6.83. The maximum atomic E-state index is 13.7. The first-order valence-corrected chi connectivity index (χ1v) is 8.65. The molecule has 6 nitrogen and oxygen atoms in total. The van der Waals surface area contributed by atoms with Gasteiger partial charge in [0, 0.05) is 25.2 Å². The molecule has 0 aliphatic carbocycles. The summed E-state index contributed by atoms with van der Waals surface area (Å²) in [5, 5.41) is 5.32. The number of carbonyl (C=O) groups excluding carboxylic acids is 1. The Hall–Kier alpha value is -2.48. The van der Waals surface area contributed by atoms with Crippen LogP contribution in [0.1, 0.15) is 5.56 Å². The molecule has 1 aromatic carbocycles. The van der Waals surface area contributed by atoms with Gasteiger partial charge in [0.1, 0.15) is 10.7 Å². The molecule has 0 bridgehead atoms. The first-order chi connectivity index (χ1) is 10.9. The van der Waals surface area contributed by atoms with Gasteiger partial charge in [-0.3, -0.25) is 9.78 Å². The van der Waals surface area contributed by atoms with Crippen LogP contribution < -0.4 is 10.6 Å². The van der Waals surface area contributed by atoms with Crippen molar-refractivity contribution in [1.29, 1.82) is 0 Å². The molecule has 0 atom stereocenters. The number of rotatable bonds is 6. The highest BCUT2D eigenvalue weighted by molar-refractivity contribution is 7.90. The fraction of sp³-hybridized carbons (Fsp3) is 0.200. The quantitative estimate of drug-likeness (QED) is 0.831.